The highest BCUT2D eigenvalue weighted by Crippen LogP contribution is 2.70. The first kappa shape index (κ1) is 16.4. The minimum Gasteiger partial charge on any atom is -0.294 e. The van der Waals surface area contributed by atoms with Crippen LogP contribution >= 0.6 is 0 Å². The topological polar surface area (TPSA) is 34.1 Å². The van der Waals surface area contributed by atoms with Gasteiger partial charge in [0.15, 0.2) is 11.6 Å². The molecule has 2 aliphatic carbocycles. The van der Waals surface area contributed by atoms with Gasteiger partial charge in [-0.05, 0) is 21.9 Å². The van der Waals surface area contributed by atoms with Gasteiger partial charge in [0.2, 0.25) is 0 Å². The second-order valence-corrected chi connectivity index (χ2v) is 8.00. The molecule has 0 aromatic heterocycles. The van der Waals surface area contributed by atoms with Crippen LogP contribution in [0.5, 0.6) is 0 Å². The van der Waals surface area contributed by atoms with Gasteiger partial charge in [0.1, 0.15) is 0 Å². The molecule has 2 aliphatic rings. The van der Waals surface area contributed by atoms with E-state index in [0.29, 0.717) is 11.1 Å². The number of carbonyl (C=O) groups is 2. The molecule has 0 bridgehead atoms. The summed E-state index contributed by atoms with van der Waals surface area (Å²) in [4.78, 5) is 27.4. The van der Waals surface area contributed by atoms with Crippen LogP contribution in [-0.2, 0) is 5.41 Å². The third kappa shape index (κ3) is 2.01. The van der Waals surface area contributed by atoms with Gasteiger partial charge >= 0.3 is 0 Å². The fourth-order valence-electron chi connectivity index (χ4n) is 5.47. The average Bonchev–Trinajstić information content (AvgIpc) is 3.49. The molecule has 0 spiro atoms. The summed E-state index contributed by atoms with van der Waals surface area (Å²) < 4.78 is 0. The summed E-state index contributed by atoms with van der Waals surface area (Å²) in [5.74, 6) is -0.342. The summed E-state index contributed by atoms with van der Waals surface area (Å²) in [6, 6.07) is 31.6. The first-order valence-electron chi connectivity index (χ1n) is 9.96. The van der Waals surface area contributed by atoms with Crippen LogP contribution in [-0.4, -0.2) is 11.6 Å². The molecule has 0 heterocycles. The minimum absolute atomic E-state index is 0.0711. The number of ketones is 2. The van der Waals surface area contributed by atoms with Crippen molar-refractivity contribution in [1.82, 2.24) is 0 Å². The van der Waals surface area contributed by atoms with Crippen molar-refractivity contribution in [3.63, 3.8) is 0 Å². The van der Waals surface area contributed by atoms with Gasteiger partial charge in [-0.25, -0.2) is 0 Å². The smallest absolute Gasteiger partial charge is 0.175 e. The summed E-state index contributed by atoms with van der Waals surface area (Å²) in [5.41, 5.74) is 2.34. The standard InChI is InChI=1S/C27H18O2/c28-25-21-14-6-7-15-22(21)26(29)27(18-11-2-1-3-12-18)23(24(25)27)20-16-8-10-17-9-4-5-13-19(17)20/h1-16,23-24H/t23-,24+,27+/m1/s1. The molecule has 3 atom stereocenters. The molecular formula is C27H18O2. The lowest BCUT2D eigenvalue weighted by atomic mass is 9.76. The number of carbonyl (C=O) groups excluding carboxylic acids is 2. The molecule has 6 rings (SSSR count). The normalized spacial score (nSPS) is 24.8. The van der Waals surface area contributed by atoms with E-state index in [2.05, 4.69) is 24.3 Å². The maximum Gasteiger partial charge on any atom is 0.175 e. The molecule has 4 aromatic rings. The number of Topliss-reactive ketones (excluding diaryl/α,β-unsaturated/α-hetero) is 2. The Morgan fingerprint density at radius 1 is 0.586 bits per heavy atom. The van der Waals surface area contributed by atoms with Gasteiger partial charge < -0.3 is 0 Å². The Kier molecular flexibility index (Phi) is 3.25. The quantitative estimate of drug-likeness (QED) is 0.460. The van der Waals surface area contributed by atoms with E-state index in [9.17, 15) is 9.59 Å². The highest BCUT2D eigenvalue weighted by Gasteiger charge is 2.75. The maximum absolute atomic E-state index is 13.9. The van der Waals surface area contributed by atoms with Crippen molar-refractivity contribution in [3.8, 4) is 0 Å². The van der Waals surface area contributed by atoms with Crippen LogP contribution < -0.4 is 0 Å². The molecular weight excluding hydrogens is 356 g/mol. The third-order valence-corrected chi connectivity index (χ3v) is 6.71. The molecule has 0 amide bonds. The number of hydrogen-bond acceptors (Lipinski definition) is 2. The number of benzene rings is 4. The molecule has 1 fully saturated rings. The number of rotatable bonds is 2. The third-order valence-electron chi connectivity index (χ3n) is 6.71. The Morgan fingerprint density at radius 2 is 1.24 bits per heavy atom. The zero-order valence-electron chi connectivity index (χ0n) is 15.7. The van der Waals surface area contributed by atoms with Crippen LogP contribution in [0, 0.1) is 5.92 Å². The fourth-order valence-corrected chi connectivity index (χ4v) is 5.47. The van der Waals surface area contributed by atoms with Gasteiger partial charge in [-0.15, -0.1) is 0 Å². The zero-order valence-corrected chi connectivity index (χ0v) is 15.7. The van der Waals surface area contributed by atoms with Crippen molar-refractivity contribution in [3.05, 3.63) is 119 Å². The summed E-state index contributed by atoms with van der Waals surface area (Å²) in [5, 5.41) is 2.25. The van der Waals surface area contributed by atoms with Gasteiger partial charge in [0.25, 0.3) is 0 Å². The van der Waals surface area contributed by atoms with Crippen LogP contribution in [0.1, 0.15) is 37.8 Å². The molecule has 0 N–H and O–H groups in total. The van der Waals surface area contributed by atoms with E-state index in [1.165, 1.54) is 0 Å². The highest BCUT2D eigenvalue weighted by molar-refractivity contribution is 6.25. The van der Waals surface area contributed by atoms with Crippen molar-refractivity contribution in [2.24, 2.45) is 5.92 Å². The molecule has 0 saturated heterocycles. The van der Waals surface area contributed by atoms with Crippen LogP contribution in [0.3, 0.4) is 0 Å². The van der Waals surface area contributed by atoms with E-state index in [1.54, 1.807) is 12.1 Å². The van der Waals surface area contributed by atoms with Crippen LogP contribution in [0.15, 0.2) is 97.1 Å². The first-order valence-corrected chi connectivity index (χ1v) is 9.96. The first-order chi connectivity index (χ1) is 14.2. The molecule has 2 heteroatoms. The van der Waals surface area contributed by atoms with Gasteiger partial charge in [-0.2, -0.15) is 0 Å². The van der Waals surface area contributed by atoms with Crippen molar-refractivity contribution < 1.29 is 9.59 Å². The number of hydrogen-bond donors (Lipinski definition) is 0. The summed E-state index contributed by atoms with van der Waals surface area (Å²) in [6.07, 6.45) is 0. The summed E-state index contributed by atoms with van der Waals surface area (Å²) >= 11 is 0. The van der Waals surface area contributed by atoms with E-state index in [1.807, 2.05) is 60.7 Å². The van der Waals surface area contributed by atoms with Crippen molar-refractivity contribution in [2.75, 3.05) is 0 Å². The van der Waals surface area contributed by atoms with Crippen molar-refractivity contribution in [1.29, 1.82) is 0 Å². The highest BCUT2D eigenvalue weighted by atomic mass is 16.1. The molecule has 0 radical (unpaired) electrons. The SMILES string of the molecule is O=C1c2ccccc2C(=O)[C@]2(c3ccccc3)[C@H]1[C@H]2c1cccc2ccccc12. The number of fused-ring (bicyclic) bond motifs is 3. The predicted molar refractivity (Wildman–Crippen MR) is 113 cm³/mol. The second kappa shape index (κ2) is 5.74. The fraction of sp³-hybridized carbons (Fsp3) is 0.111. The molecule has 2 nitrogen and oxygen atoms in total. The largest absolute Gasteiger partial charge is 0.294 e. The Labute approximate surface area is 168 Å². The van der Waals surface area contributed by atoms with Crippen molar-refractivity contribution in [2.45, 2.75) is 11.3 Å². The minimum atomic E-state index is -0.809. The van der Waals surface area contributed by atoms with E-state index >= 15 is 0 Å². The summed E-state index contributed by atoms with van der Waals surface area (Å²) in [6.45, 7) is 0. The van der Waals surface area contributed by atoms with Crippen LogP contribution in [0.25, 0.3) is 10.8 Å². The maximum atomic E-state index is 13.9. The molecule has 0 aliphatic heterocycles. The molecule has 1 saturated carbocycles. The Hall–Kier alpha value is -3.52. The zero-order chi connectivity index (χ0) is 19.6. The van der Waals surface area contributed by atoms with Crippen LogP contribution in [0.4, 0.5) is 0 Å². The van der Waals surface area contributed by atoms with Gasteiger partial charge in [-0.3, -0.25) is 9.59 Å². The van der Waals surface area contributed by atoms with Crippen LogP contribution in [0.2, 0.25) is 0 Å². The van der Waals surface area contributed by atoms with E-state index in [-0.39, 0.29) is 23.4 Å². The van der Waals surface area contributed by atoms with Gasteiger partial charge in [-0.1, -0.05) is 97.1 Å². The monoisotopic (exact) mass is 374 g/mol. The van der Waals surface area contributed by atoms with Gasteiger partial charge in [0.05, 0.1) is 5.41 Å². The Balaban J connectivity index is 1.65. The Bertz CT molecular complexity index is 1300. The van der Waals surface area contributed by atoms with E-state index in [0.717, 1.165) is 21.9 Å². The Morgan fingerprint density at radius 3 is 2.07 bits per heavy atom. The lowest BCUT2D eigenvalue weighted by molar-refractivity contribution is 0.0857. The van der Waals surface area contributed by atoms with Gasteiger partial charge in [0, 0.05) is 23.0 Å². The second-order valence-electron chi connectivity index (χ2n) is 8.00. The molecule has 29 heavy (non-hydrogen) atoms. The average molecular weight is 374 g/mol. The van der Waals surface area contributed by atoms with Crippen molar-refractivity contribution >= 4 is 22.3 Å². The summed E-state index contributed by atoms with van der Waals surface area (Å²) in [7, 11) is 0. The lowest BCUT2D eigenvalue weighted by Gasteiger charge is -2.23. The van der Waals surface area contributed by atoms with E-state index < -0.39 is 5.41 Å². The predicted octanol–water partition coefficient (Wildman–Crippen LogP) is 5.57. The molecule has 4 aromatic carbocycles. The van der Waals surface area contributed by atoms with E-state index in [4.69, 9.17) is 0 Å². The molecule has 138 valence electrons. The molecule has 0 unspecified atom stereocenters. The lowest BCUT2D eigenvalue weighted by Crippen LogP contribution is -2.32.